The summed E-state index contributed by atoms with van der Waals surface area (Å²) >= 11 is 0.607. The van der Waals surface area contributed by atoms with E-state index in [0.29, 0.717) is 35.3 Å². The van der Waals surface area contributed by atoms with Crippen LogP contribution in [-0.2, 0) is 10.0 Å². The van der Waals surface area contributed by atoms with Gasteiger partial charge in [-0.2, -0.15) is 15.1 Å². The number of hydrogen-bond acceptors (Lipinski definition) is 9. The van der Waals surface area contributed by atoms with Crippen LogP contribution in [-0.4, -0.2) is 96.0 Å². The van der Waals surface area contributed by atoms with Crippen LogP contribution in [0.4, 0.5) is 28.0 Å². The summed E-state index contributed by atoms with van der Waals surface area (Å²) in [5, 5.41) is 20.9. The lowest BCUT2D eigenvalue weighted by Gasteiger charge is -2.38. The van der Waals surface area contributed by atoms with Gasteiger partial charge in [0.15, 0.2) is 5.01 Å². The Hall–Kier alpha value is -3.56. The number of carbonyl (C=O) groups is 1. The summed E-state index contributed by atoms with van der Waals surface area (Å²) in [5.41, 5.74) is -0.486. The van der Waals surface area contributed by atoms with E-state index in [9.17, 15) is 36.0 Å². The van der Waals surface area contributed by atoms with Crippen LogP contribution in [0.15, 0.2) is 23.2 Å². The van der Waals surface area contributed by atoms with Gasteiger partial charge >= 0.3 is 6.03 Å². The molecule has 214 valence electrons. The number of rotatable bonds is 8. The normalized spacial score (nSPS) is 17.1. The molecule has 1 N–H and O–H groups in total. The van der Waals surface area contributed by atoms with Gasteiger partial charge in [-0.3, -0.25) is 0 Å². The smallest absolute Gasteiger partial charge is 0.320 e. The second-order valence-corrected chi connectivity index (χ2v) is 12.2. The van der Waals surface area contributed by atoms with E-state index in [4.69, 9.17) is 0 Å². The van der Waals surface area contributed by atoms with E-state index in [2.05, 4.69) is 20.0 Å². The number of fused-ring (bicyclic) bond motifs is 1. The van der Waals surface area contributed by atoms with Crippen LogP contribution in [0, 0.1) is 11.3 Å². The Balaban J connectivity index is 1.51. The van der Waals surface area contributed by atoms with Crippen LogP contribution in [0.1, 0.15) is 24.3 Å². The lowest BCUT2D eigenvalue weighted by Crippen LogP contribution is -2.52. The Morgan fingerprint density at radius 2 is 1.90 bits per heavy atom. The third-order valence-corrected chi connectivity index (χ3v) is 9.09. The number of sulfonamides is 1. The number of nitriles is 1. The zero-order chi connectivity index (χ0) is 28.8. The minimum Gasteiger partial charge on any atom is -0.367 e. The summed E-state index contributed by atoms with van der Waals surface area (Å²) in [6.07, 6.45) is -3.33. The van der Waals surface area contributed by atoms with E-state index < -0.39 is 46.0 Å². The topological polar surface area (TPSA) is 140 Å². The van der Waals surface area contributed by atoms with Crippen molar-refractivity contribution in [1.29, 1.82) is 5.26 Å². The van der Waals surface area contributed by atoms with Crippen molar-refractivity contribution in [1.82, 2.24) is 34.5 Å². The number of anilines is 1. The van der Waals surface area contributed by atoms with Gasteiger partial charge in [0.1, 0.15) is 5.54 Å². The zero-order valence-electron chi connectivity index (χ0n) is 21.0. The van der Waals surface area contributed by atoms with E-state index >= 15 is 0 Å². The Morgan fingerprint density at radius 3 is 2.48 bits per heavy atom. The molecule has 3 heterocycles. The van der Waals surface area contributed by atoms with Gasteiger partial charge in [0.05, 0.1) is 29.2 Å². The molecule has 2 aromatic heterocycles. The van der Waals surface area contributed by atoms with Gasteiger partial charge in [-0.1, -0.05) is 11.3 Å². The lowest BCUT2D eigenvalue weighted by molar-refractivity contribution is 0.0941. The van der Waals surface area contributed by atoms with Crippen molar-refractivity contribution in [3.8, 4) is 11.2 Å². The molecule has 5 rings (SSSR count). The summed E-state index contributed by atoms with van der Waals surface area (Å²) in [6, 6.07) is 4.18. The van der Waals surface area contributed by atoms with Crippen LogP contribution in [0.3, 0.4) is 0 Å². The quantitative estimate of drug-likeness (QED) is 0.389. The van der Waals surface area contributed by atoms with Gasteiger partial charge < -0.3 is 14.7 Å². The van der Waals surface area contributed by atoms with Gasteiger partial charge in [-0.15, -0.1) is 10.2 Å². The number of halogens is 4. The molecule has 40 heavy (non-hydrogen) atoms. The van der Waals surface area contributed by atoms with E-state index in [1.807, 2.05) is 11.0 Å². The fraction of sp³-hybridized carbons (Fsp3) is 0.500. The molecule has 1 aliphatic carbocycles. The van der Waals surface area contributed by atoms with Crippen LogP contribution >= 0.6 is 11.3 Å². The highest BCUT2D eigenvalue weighted by molar-refractivity contribution is 7.89. The SMILES string of the molecule is CN(CC(F)F)C(=O)N1CCN(c2cc(S(=O)(=O)NC3(C#N)CC3)cc3c2cnn3-c2nnc(C(F)F)s2)CC1. The van der Waals surface area contributed by atoms with E-state index in [1.165, 1.54) is 35.0 Å². The average molecular weight is 602 g/mol. The molecule has 0 bridgehead atoms. The highest BCUT2D eigenvalue weighted by Crippen LogP contribution is 2.38. The summed E-state index contributed by atoms with van der Waals surface area (Å²) in [6.45, 7) is 0.171. The lowest BCUT2D eigenvalue weighted by atomic mass is 10.1. The fourth-order valence-electron chi connectivity index (χ4n) is 4.40. The Kier molecular flexibility index (Phi) is 7.31. The number of benzene rings is 1. The minimum absolute atomic E-state index is 0.00642. The van der Waals surface area contributed by atoms with Crippen molar-refractivity contribution in [3.05, 3.63) is 23.3 Å². The van der Waals surface area contributed by atoms with E-state index in [0.717, 1.165) is 4.90 Å². The molecule has 2 amide bonds. The molecular formula is C22H23F4N9O3S2. The third kappa shape index (κ3) is 5.40. The Labute approximate surface area is 229 Å². The minimum atomic E-state index is -4.19. The molecule has 1 saturated carbocycles. The summed E-state index contributed by atoms with van der Waals surface area (Å²) in [5.74, 6) is 0. The standard InChI is InChI=1S/C22H23F4N9O3S2/c1-32(11-17(23)24)21(36)34-6-4-33(5-7-34)15-8-13(40(37,38)31-22(12-27)2-3-22)9-16-14(15)10-28-35(16)20-30-29-19(39-20)18(25)26/h8-10,17-18,31H,2-7,11H2,1H3. The number of urea groups is 1. The van der Waals surface area contributed by atoms with Crippen molar-refractivity contribution in [2.45, 2.75) is 36.1 Å². The molecule has 1 aliphatic heterocycles. The molecule has 1 saturated heterocycles. The number of nitrogens with one attached hydrogen (secondary N) is 1. The number of amides is 2. The van der Waals surface area contributed by atoms with Crippen molar-refractivity contribution in [2.75, 3.05) is 44.7 Å². The first kappa shape index (κ1) is 28.0. The maximum Gasteiger partial charge on any atom is 0.320 e. The van der Waals surface area contributed by atoms with Crippen molar-refractivity contribution in [3.63, 3.8) is 0 Å². The molecular weight excluding hydrogens is 578 g/mol. The van der Waals surface area contributed by atoms with Crippen LogP contribution in [0.25, 0.3) is 16.0 Å². The van der Waals surface area contributed by atoms with Crippen molar-refractivity contribution < 1.29 is 30.8 Å². The first-order valence-electron chi connectivity index (χ1n) is 12.0. The van der Waals surface area contributed by atoms with Gasteiger partial charge in [-0.05, 0) is 25.0 Å². The summed E-state index contributed by atoms with van der Waals surface area (Å²) in [4.78, 5) is 16.6. The molecule has 3 aromatic rings. The van der Waals surface area contributed by atoms with E-state index in [-0.39, 0.29) is 41.7 Å². The molecule has 0 unspecified atom stereocenters. The van der Waals surface area contributed by atoms with Crippen LogP contribution < -0.4 is 9.62 Å². The first-order valence-corrected chi connectivity index (χ1v) is 14.3. The van der Waals surface area contributed by atoms with Gasteiger partial charge in [0, 0.05) is 44.3 Å². The zero-order valence-corrected chi connectivity index (χ0v) is 22.6. The number of carbonyl (C=O) groups excluding carboxylic acids is 1. The number of nitrogens with zero attached hydrogens (tertiary/aromatic N) is 8. The predicted octanol–water partition coefficient (Wildman–Crippen LogP) is 2.59. The highest BCUT2D eigenvalue weighted by atomic mass is 32.2. The maximum absolute atomic E-state index is 13.3. The molecule has 0 spiro atoms. The maximum atomic E-state index is 13.3. The number of piperazine rings is 1. The number of aromatic nitrogens is 4. The summed E-state index contributed by atoms with van der Waals surface area (Å²) in [7, 11) is -2.89. The Morgan fingerprint density at radius 1 is 1.20 bits per heavy atom. The first-order chi connectivity index (χ1) is 18.9. The predicted molar refractivity (Wildman–Crippen MR) is 135 cm³/mol. The van der Waals surface area contributed by atoms with Crippen LogP contribution in [0.5, 0.6) is 0 Å². The number of alkyl halides is 4. The van der Waals surface area contributed by atoms with Crippen molar-refractivity contribution >= 4 is 44.0 Å². The van der Waals surface area contributed by atoms with Crippen LogP contribution in [0.2, 0.25) is 0 Å². The second kappa shape index (κ2) is 10.4. The molecule has 1 aromatic carbocycles. The molecule has 2 fully saturated rings. The average Bonchev–Trinajstić information content (AvgIpc) is 3.30. The van der Waals surface area contributed by atoms with Crippen molar-refractivity contribution in [2.24, 2.45) is 0 Å². The van der Waals surface area contributed by atoms with Gasteiger partial charge in [-0.25, -0.2) is 35.5 Å². The van der Waals surface area contributed by atoms with Gasteiger partial charge in [0.25, 0.3) is 12.9 Å². The molecule has 2 aliphatic rings. The second-order valence-electron chi connectivity index (χ2n) is 9.48. The molecule has 0 atom stereocenters. The van der Waals surface area contributed by atoms with E-state index in [1.54, 1.807) is 0 Å². The third-order valence-electron chi connectivity index (χ3n) is 6.67. The summed E-state index contributed by atoms with van der Waals surface area (Å²) < 4.78 is 82.1. The molecule has 0 radical (unpaired) electrons. The molecule has 18 heteroatoms. The fourth-order valence-corrected chi connectivity index (χ4v) is 6.48. The monoisotopic (exact) mass is 601 g/mol. The highest BCUT2D eigenvalue weighted by Gasteiger charge is 2.47. The largest absolute Gasteiger partial charge is 0.367 e. The number of hydrogen-bond donors (Lipinski definition) is 1. The molecule has 12 nitrogen and oxygen atoms in total. The van der Waals surface area contributed by atoms with Gasteiger partial charge in [0.2, 0.25) is 15.2 Å². The Bertz CT molecular complexity index is 1580.